The first-order valence-electron chi connectivity index (χ1n) is 6.15. The highest BCUT2D eigenvalue weighted by atomic mass is 79.9. The molecule has 114 valence electrons. The Morgan fingerprint density at radius 3 is 2.67 bits per heavy atom. The van der Waals surface area contributed by atoms with Crippen molar-refractivity contribution in [1.82, 2.24) is 4.57 Å². The summed E-state index contributed by atoms with van der Waals surface area (Å²) in [6.45, 7) is 2.08. The summed E-state index contributed by atoms with van der Waals surface area (Å²) in [5, 5.41) is 9.20. The van der Waals surface area contributed by atoms with Crippen LogP contribution in [0.2, 0.25) is 0 Å². The van der Waals surface area contributed by atoms with Crippen molar-refractivity contribution in [3.63, 3.8) is 0 Å². The molecule has 2 N–H and O–H groups in total. The van der Waals surface area contributed by atoms with Crippen molar-refractivity contribution in [3.8, 4) is 0 Å². The van der Waals surface area contributed by atoms with Crippen LogP contribution in [-0.4, -0.2) is 18.1 Å². The highest BCUT2D eigenvalue weighted by molar-refractivity contribution is 9.10. The third kappa shape index (κ3) is 3.28. The highest BCUT2D eigenvalue weighted by Gasteiger charge is 2.20. The van der Waals surface area contributed by atoms with Crippen molar-refractivity contribution >= 4 is 31.6 Å². The molecule has 0 saturated heterocycles. The van der Waals surface area contributed by atoms with Crippen LogP contribution in [-0.2, 0) is 23.2 Å². The van der Waals surface area contributed by atoms with Crippen molar-refractivity contribution < 1.29 is 17.9 Å². The molecule has 0 unspecified atom stereocenters. The monoisotopic (exact) mass is 376 g/mol. The number of halogens is 2. The number of sulfonamides is 1. The Balaban J connectivity index is 2.41. The molecule has 0 amide bonds. The summed E-state index contributed by atoms with van der Waals surface area (Å²) in [4.78, 5) is -0.0245. The Labute approximate surface area is 130 Å². The van der Waals surface area contributed by atoms with Crippen LogP contribution in [0.5, 0.6) is 0 Å². The summed E-state index contributed by atoms with van der Waals surface area (Å²) in [7, 11) is -3.93. The molecule has 1 aromatic carbocycles. The number of hydrogen-bond donors (Lipinski definition) is 2. The van der Waals surface area contributed by atoms with E-state index in [1.807, 2.05) is 6.92 Å². The first kappa shape index (κ1) is 16.0. The molecule has 0 bridgehead atoms. The quantitative estimate of drug-likeness (QED) is 0.842. The number of benzene rings is 1. The summed E-state index contributed by atoms with van der Waals surface area (Å²) >= 11 is 3.11. The maximum Gasteiger partial charge on any atom is 0.263 e. The number of hydrogen-bond acceptors (Lipinski definition) is 3. The van der Waals surface area contributed by atoms with Gasteiger partial charge in [-0.05, 0) is 41.1 Å². The zero-order valence-electron chi connectivity index (χ0n) is 11.2. The van der Waals surface area contributed by atoms with Gasteiger partial charge in [-0.15, -0.1) is 0 Å². The van der Waals surface area contributed by atoms with Crippen LogP contribution in [0.4, 0.5) is 10.1 Å². The second-order valence-corrected chi connectivity index (χ2v) is 6.85. The third-order valence-electron chi connectivity index (χ3n) is 2.97. The number of aromatic nitrogens is 1. The van der Waals surface area contributed by atoms with Gasteiger partial charge in [-0.2, -0.15) is 0 Å². The standard InChI is InChI=1S/C13H14BrFN2O3S/c1-2-17-7-10(6-9(17)8-18)21(19,20)16-13-11(14)4-3-5-12(13)15/h3-7,16,18H,2,8H2,1H3. The smallest absolute Gasteiger partial charge is 0.263 e. The van der Waals surface area contributed by atoms with Gasteiger partial charge in [0.2, 0.25) is 0 Å². The lowest BCUT2D eigenvalue weighted by molar-refractivity contribution is 0.271. The Morgan fingerprint density at radius 1 is 1.43 bits per heavy atom. The van der Waals surface area contributed by atoms with Crippen molar-refractivity contribution in [1.29, 1.82) is 0 Å². The fourth-order valence-electron chi connectivity index (χ4n) is 1.89. The molecule has 0 aliphatic heterocycles. The van der Waals surface area contributed by atoms with Crippen LogP contribution >= 0.6 is 15.9 Å². The van der Waals surface area contributed by atoms with Gasteiger partial charge in [0.05, 0.1) is 12.3 Å². The molecule has 0 aliphatic rings. The second kappa shape index (κ2) is 6.17. The van der Waals surface area contributed by atoms with E-state index in [0.29, 0.717) is 16.7 Å². The van der Waals surface area contributed by atoms with E-state index in [2.05, 4.69) is 20.7 Å². The van der Waals surface area contributed by atoms with Gasteiger partial charge in [-0.1, -0.05) is 6.07 Å². The predicted octanol–water partition coefficient (Wildman–Crippen LogP) is 2.70. The van der Waals surface area contributed by atoms with E-state index >= 15 is 0 Å². The number of anilines is 1. The highest BCUT2D eigenvalue weighted by Crippen LogP contribution is 2.28. The van der Waals surface area contributed by atoms with E-state index < -0.39 is 15.8 Å². The molecule has 0 saturated carbocycles. The number of aliphatic hydroxyl groups is 1. The topological polar surface area (TPSA) is 71.3 Å². The first-order chi connectivity index (χ1) is 9.89. The van der Waals surface area contributed by atoms with Crippen LogP contribution in [0.25, 0.3) is 0 Å². The number of aliphatic hydroxyl groups excluding tert-OH is 1. The number of nitrogens with one attached hydrogen (secondary N) is 1. The fraction of sp³-hybridized carbons (Fsp3) is 0.231. The lowest BCUT2D eigenvalue weighted by Gasteiger charge is -2.09. The molecule has 21 heavy (non-hydrogen) atoms. The summed E-state index contributed by atoms with van der Waals surface area (Å²) in [6, 6.07) is 5.53. The minimum Gasteiger partial charge on any atom is -0.390 e. The summed E-state index contributed by atoms with van der Waals surface area (Å²) in [6.07, 6.45) is 1.41. The molecule has 0 radical (unpaired) electrons. The Hall–Kier alpha value is -1.38. The van der Waals surface area contributed by atoms with Crippen LogP contribution in [0.15, 0.2) is 39.8 Å². The number of nitrogens with zero attached hydrogens (tertiary/aromatic N) is 1. The number of aryl methyl sites for hydroxylation is 1. The zero-order valence-corrected chi connectivity index (χ0v) is 13.6. The Bertz CT molecular complexity index is 717. The van der Waals surface area contributed by atoms with Crippen molar-refractivity contribution in [2.75, 3.05) is 4.72 Å². The molecule has 1 aromatic heterocycles. The van der Waals surface area contributed by atoms with Crippen LogP contribution in [0.3, 0.4) is 0 Å². The molecule has 1 heterocycles. The lowest BCUT2D eigenvalue weighted by atomic mass is 10.3. The van der Waals surface area contributed by atoms with Gasteiger partial charge in [0.25, 0.3) is 10.0 Å². The van der Waals surface area contributed by atoms with E-state index in [0.717, 1.165) is 0 Å². The second-order valence-electron chi connectivity index (χ2n) is 4.31. The molecular weight excluding hydrogens is 363 g/mol. The van der Waals surface area contributed by atoms with E-state index in [-0.39, 0.29) is 17.2 Å². The van der Waals surface area contributed by atoms with Crippen LogP contribution in [0.1, 0.15) is 12.6 Å². The number of para-hydroxylation sites is 1. The molecule has 0 atom stereocenters. The molecule has 0 spiro atoms. The van der Waals surface area contributed by atoms with Gasteiger partial charge in [0, 0.05) is 22.9 Å². The summed E-state index contributed by atoms with van der Waals surface area (Å²) < 4.78 is 42.5. The Kier molecular flexibility index (Phi) is 4.70. The normalized spacial score (nSPS) is 11.6. The third-order valence-corrected chi connectivity index (χ3v) is 4.95. The largest absolute Gasteiger partial charge is 0.390 e. The SMILES string of the molecule is CCn1cc(S(=O)(=O)Nc2c(F)cccc2Br)cc1CO. The van der Waals surface area contributed by atoms with Crippen LogP contribution in [0, 0.1) is 5.82 Å². The molecule has 0 fully saturated rings. The van der Waals surface area contributed by atoms with E-state index in [1.165, 1.54) is 30.5 Å². The van der Waals surface area contributed by atoms with Gasteiger partial charge in [-0.25, -0.2) is 12.8 Å². The van der Waals surface area contributed by atoms with E-state index in [4.69, 9.17) is 0 Å². The molecule has 2 aromatic rings. The average Bonchev–Trinajstić information content (AvgIpc) is 2.87. The average molecular weight is 377 g/mol. The minimum absolute atomic E-state index is 0.0245. The van der Waals surface area contributed by atoms with Crippen LogP contribution < -0.4 is 4.72 Å². The van der Waals surface area contributed by atoms with E-state index in [9.17, 15) is 17.9 Å². The van der Waals surface area contributed by atoms with Gasteiger partial charge in [-0.3, -0.25) is 4.72 Å². The van der Waals surface area contributed by atoms with Crippen molar-refractivity contribution in [2.24, 2.45) is 0 Å². The number of rotatable bonds is 5. The summed E-state index contributed by atoms with van der Waals surface area (Å²) in [5.41, 5.74) is 0.331. The zero-order chi connectivity index (χ0) is 15.6. The van der Waals surface area contributed by atoms with Crippen molar-refractivity contribution in [3.05, 3.63) is 46.4 Å². The Morgan fingerprint density at radius 2 is 2.14 bits per heavy atom. The molecule has 5 nitrogen and oxygen atoms in total. The van der Waals surface area contributed by atoms with E-state index in [1.54, 1.807) is 4.57 Å². The maximum absolute atomic E-state index is 13.7. The fourth-order valence-corrected chi connectivity index (χ4v) is 3.61. The lowest BCUT2D eigenvalue weighted by Crippen LogP contribution is -2.14. The van der Waals surface area contributed by atoms with Gasteiger partial charge >= 0.3 is 0 Å². The predicted molar refractivity (Wildman–Crippen MR) is 80.9 cm³/mol. The first-order valence-corrected chi connectivity index (χ1v) is 8.43. The molecular formula is C13H14BrFN2O3S. The van der Waals surface area contributed by atoms with Crippen molar-refractivity contribution in [2.45, 2.75) is 25.0 Å². The van der Waals surface area contributed by atoms with Gasteiger partial charge in [0.1, 0.15) is 10.7 Å². The molecule has 2 rings (SSSR count). The summed E-state index contributed by atoms with van der Waals surface area (Å²) in [5.74, 6) is -0.676. The molecule has 8 heteroatoms. The van der Waals surface area contributed by atoms with Gasteiger partial charge in [0.15, 0.2) is 0 Å². The molecule has 0 aliphatic carbocycles. The van der Waals surface area contributed by atoms with Gasteiger partial charge < -0.3 is 9.67 Å². The minimum atomic E-state index is -3.93. The maximum atomic E-state index is 13.7.